The topological polar surface area (TPSA) is 99.6 Å². The van der Waals surface area contributed by atoms with Crippen LogP contribution in [-0.4, -0.2) is 46.5 Å². The third-order valence-corrected chi connectivity index (χ3v) is 3.19. The van der Waals surface area contributed by atoms with Crippen molar-refractivity contribution >= 4 is 11.9 Å². The van der Waals surface area contributed by atoms with Crippen LogP contribution in [0.25, 0.3) is 6.08 Å². The molecular weight excluding hydrogens is 288 g/mol. The second kappa shape index (κ2) is 5.51. The fourth-order valence-corrected chi connectivity index (χ4v) is 2.09. The van der Waals surface area contributed by atoms with Crippen molar-refractivity contribution in [3.05, 3.63) is 28.8 Å². The molecule has 21 heavy (non-hydrogen) atoms. The Hall–Kier alpha value is -1.84. The Bertz CT molecular complexity index is 605. The van der Waals surface area contributed by atoms with Crippen molar-refractivity contribution in [1.29, 1.82) is 0 Å². The normalized spacial score (nSPS) is 27.7. The third kappa shape index (κ3) is 2.55. The molecule has 1 saturated heterocycles. The summed E-state index contributed by atoms with van der Waals surface area (Å²) in [7, 11) is 1.29. The van der Waals surface area contributed by atoms with Gasteiger partial charge in [0.1, 0.15) is 11.9 Å². The van der Waals surface area contributed by atoms with Crippen molar-refractivity contribution in [2.75, 3.05) is 19.5 Å². The minimum absolute atomic E-state index is 0.124. The lowest BCUT2D eigenvalue weighted by Gasteiger charge is -2.21. The summed E-state index contributed by atoms with van der Waals surface area (Å²) >= 11 is 0. The summed E-state index contributed by atoms with van der Waals surface area (Å²) in [6.45, 7) is 3.21. The zero-order valence-electron chi connectivity index (χ0n) is 11.2. The molecule has 1 fully saturated rings. The Kier molecular flexibility index (Phi) is 4.08. The lowest BCUT2D eigenvalue weighted by Crippen LogP contribution is -2.42. The fourth-order valence-electron chi connectivity index (χ4n) is 2.09. The molecule has 1 aromatic rings. The molecule has 0 amide bonds. The molecule has 7 nitrogen and oxygen atoms in total. The summed E-state index contributed by atoms with van der Waals surface area (Å²) in [5, 5.41) is 9.62. The molecule has 0 spiro atoms. The molecule has 3 atom stereocenters. The molecule has 1 aromatic heterocycles. The first kappa shape index (κ1) is 15.5. The number of aliphatic hydroxyl groups is 1. The fraction of sp³-hybridized carbons (Fsp3) is 0.500. The summed E-state index contributed by atoms with van der Waals surface area (Å²) in [4.78, 5) is 15.2. The highest BCUT2D eigenvalue weighted by molar-refractivity contribution is 5.57. The highest BCUT2D eigenvalue weighted by Crippen LogP contribution is 2.42. The molecule has 1 aliphatic rings. The predicted octanol–water partition coefficient (Wildman–Crippen LogP) is 0.00850. The number of nitrogen functional groups attached to an aromatic ring is 1. The number of nitrogens with two attached hydrogens (primary N) is 1. The molecule has 1 aliphatic heterocycles. The molecule has 3 N–H and O–H groups in total. The van der Waals surface area contributed by atoms with Crippen LogP contribution < -0.4 is 11.4 Å². The summed E-state index contributed by atoms with van der Waals surface area (Å²) < 4.78 is 38.6. The van der Waals surface area contributed by atoms with Crippen LogP contribution in [0.4, 0.5) is 14.6 Å². The SMILES string of the molecule is C=Cc1cn([C@@H]2O[C@H](COC)C(O)C2(F)F)c(=O)nc1N. The van der Waals surface area contributed by atoms with E-state index in [1.807, 2.05) is 0 Å². The first-order valence-corrected chi connectivity index (χ1v) is 6.04. The van der Waals surface area contributed by atoms with E-state index in [-0.39, 0.29) is 18.0 Å². The number of methoxy groups -OCH3 is 1. The smallest absolute Gasteiger partial charge is 0.351 e. The first-order valence-electron chi connectivity index (χ1n) is 6.04. The Labute approximate surface area is 118 Å². The minimum atomic E-state index is -3.68. The predicted molar refractivity (Wildman–Crippen MR) is 69.7 cm³/mol. The van der Waals surface area contributed by atoms with Gasteiger partial charge in [-0.3, -0.25) is 4.57 Å². The number of nitrogens with zero attached hydrogens (tertiary/aromatic N) is 2. The monoisotopic (exact) mass is 303 g/mol. The van der Waals surface area contributed by atoms with Crippen molar-refractivity contribution < 1.29 is 23.4 Å². The van der Waals surface area contributed by atoms with Gasteiger partial charge in [-0.1, -0.05) is 12.7 Å². The molecule has 0 bridgehead atoms. The highest BCUT2D eigenvalue weighted by Gasteiger charge is 2.59. The maximum absolute atomic E-state index is 14.1. The molecule has 116 valence electrons. The Morgan fingerprint density at radius 2 is 2.38 bits per heavy atom. The maximum atomic E-state index is 14.1. The van der Waals surface area contributed by atoms with E-state index >= 15 is 0 Å². The van der Waals surface area contributed by atoms with E-state index in [1.54, 1.807) is 0 Å². The summed E-state index contributed by atoms with van der Waals surface area (Å²) in [6, 6.07) is 0. The van der Waals surface area contributed by atoms with Gasteiger partial charge in [0.25, 0.3) is 0 Å². The molecule has 2 heterocycles. The van der Waals surface area contributed by atoms with Crippen molar-refractivity contribution in [2.24, 2.45) is 0 Å². The van der Waals surface area contributed by atoms with E-state index < -0.39 is 30.0 Å². The minimum Gasteiger partial charge on any atom is -0.384 e. The number of aromatic nitrogens is 2. The van der Waals surface area contributed by atoms with Crippen LogP contribution >= 0.6 is 0 Å². The van der Waals surface area contributed by atoms with Gasteiger partial charge >= 0.3 is 11.6 Å². The quantitative estimate of drug-likeness (QED) is 0.813. The van der Waals surface area contributed by atoms with E-state index in [1.165, 1.54) is 13.2 Å². The van der Waals surface area contributed by atoms with Crippen LogP contribution in [0.2, 0.25) is 0 Å². The van der Waals surface area contributed by atoms with Crippen LogP contribution in [0.5, 0.6) is 0 Å². The van der Waals surface area contributed by atoms with Crippen molar-refractivity contribution in [2.45, 2.75) is 24.4 Å². The summed E-state index contributed by atoms with van der Waals surface area (Å²) in [5.74, 6) is -3.80. The van der Waals surface area contributed by atoms with Crippen molar-refractivity contribution in [3.8, 4) is 0 Å². The van der Waals surface area contributed by atoms with Crippen molar-refractivity contribution in [1.82, 2.24) is 9.55 Å². The number of anilines is 1. The number of alkyl halides is 2. The van der Waals surface area contributed by atoms with Crippen LogP contribution in [0.1, 0.15) is 11.8 Å². The van der Waals surface area contributed by atoms with Gasteiger partial charge in [0.15, 0.2) is 6.10 Å². The summed E-state index contributed by atoms with van der Waals surface area (Å²) in [5.41, 5.74) is 4.68. The largest absolute Gasteiger partial charge is 0.384 e. The molecule has 0 radical (unpaired) electrons. The number of hydrogen-bond acceptors (Lipinski definition) is 6. The lowest BCUT2D eigenvalue weighted by molar-refractivity contribution is -0.141. The number of aliphatic hydroxyl groups excluding tert-OH is 1. The van der Waals surface area contributed by atoms with E-state index in [0.717, 1.165) is 6.20 Å². The third-order valence-electron chi connectivity index (χ3n) is 3.19. The zero-order chi connectivity index (χ0) is 15.8. The van der Waals surface area contributed by atoms with Gasteiger partial charge in [0.2, 0.25) is 6.23 Å². The Balaban J connectivity index is 2.46. The zero-order valence-corrected chi connectivity index (χ0v) is 11.2. The van der Waals surface area contributed by atoms with Gasteiger partial charge in [-0.15, -0.1) is 0 Å². The average Bonchev–Trinajstić information content (AvgIpc) is 2.63. The number of ether oxygens (including phenoxy) is 2. The molecule has 0 aliphatic carbocycles. The van der Waals surface area contributed by atoms with Gasteiger partial charge in [0.05, 0.1) is 6.61 Å². The van der Waals surface area contributed by atoms with Gasteiger partial charge in [-0.25, -0.2) is 4.79 Å². The number of hydrogen-bond donors (Lipinski definition) is 2. The lowest BCUT2D eigenvalue weighted by atomic mass is 10.1. The van der Waals surface area contributed by atoms with Crippen molar-refractivity contribution in [3.63, 3.8) is 0 Å². The van der Waals surface area contributed by atoms with Gasteiger partial charge < -0.3 is 20.3 Å². The van der Waals surface area contributed by atoms with E-state index in [4.69, 9.17) is 15.2 Å². The average molecular weight is 303 g/mol. The molecule has 9 heteroatoms. The molecular formula is C12H15F2N3O4. The van der Waals surface area contributed by atoms with Crippen LogP contribution in [0.15, 0.2) is 17.6 Å². The Morgan fingerprint density at radius 1 is 1.71 bits per heavy atom. The second-order valence-corrected chi connectivity index (χ2v) is 4.58. The maximum Gasteiger partial charge on any atom is 0.351 e. The van der Waals surface area contributed by atoms with Gasteiger partial charge in [-0.2, -0.15) is 13.8 Å². The van der Waals surface area contributed by atoms with E-state index in [2.05, 4.69) is 11.6 Å². The molecule has 2 rings (SSSR count). The van der Waals surface area contributed by atoms with Crippen LogP contribution in [0, 0.1) is 0 Å². The van der Waals surface area contributed by atoms with E-state index in [9.17, 15) is 18.7 Å². The standard InChI is InChI=1S/C12H15F2N3O4/c1-3-6-4-17(11(19)16-9(6)15)10-12(13,14)8(18)7(21-10)5-20-2/h3-4,7-8,10,18H,1,5H2,2H3,(H2,15,16,19)/t7-,8?,10-/m1/s1. The summed E-state index contributed by atoms with van der Waals surface area (Å²) in [6.07, 6.45) is -3.01. The van der Waals surface area contributed by atoms with Gasteiger partial charge in [0, 0.05) is 18.9 Å². The van der Waals surface area contributed by atoms with Crippen LogP contribution in [0.3, 0.4) is 0 Å². The highest BCUT2D eigenvalue weighted by atomic mass is 19.3. The molecule has 1 unspecified atom stereocenters. The first-order chi connectivity index (χ1) is 9.82. The molecule has 0 saturated carbocycles. The molecule has 0 aromatic carbocycles. The number of halogens is 2. The Morgan fingerprint density at radius 3 is 2.95 bits per heavy atom. The second-order valence-electron chi connectivity index (χ2n) is 4.58. The van der Waals surface area contributed by atoms with Crippen LogP contribution in [-0.2, 0) is 9.47 Å². The van der Waals surface area contributed by atoms with E-state index in [0.29, 0.717) is 4.57 Å². The number of rotatable bonds is 4. The van der Waals surface area contributed by atoms with Gasteiger partial charge in [-0.05, 0) is 0 Å².